The van der Waals surface area contributed by atoms with Crippen LogP contribution in [0.15, 0.2) is 48.5 Å². The summed E-state index contributed by atoms with van der Waals surface area (Å²) in [5, 5.41) is 12.6. The summed E-state index contributed by atoms with van der Waals surface area (Å²) in [5.41, 5.74) is 3.95. The molecule has 1 aliphatic rings. The van der Waals surface area contributed by atoms with Gasteiger partial charge >= 0.3 is 6.03 Å². The van der Waals surface area contributed by atoms with Crippen molar-refractivity contribution in [3.05, 3.63) is 59.7 Å². The van der Waals surface area contributed by atoms with E-state index in [-0.39, 0.29) is 0 Å². The van der Waals surface area contributed by atoms with Crippen LogP contribution < -0.4 is 10.2 Å². The smallest absolute Gasteiger partial charge is 0.358 e. The van der Waals surface area contributed by atoms with Crippen LogP contribution in [0.25, 0.3) is 0 Å². The lowest BCUT2D eigenvalue weighted by atomic mass is 9.94. The molecule has 0 aromatic heterocycles. The number of hydrogen-bond acceptors (Lipinski definition) is 5. The molecule has 2 amide bonds. The normalized spacial score (nSPS) is 13.0. The first-order valence-electron chi connectivity index (χ1n) is 8.20. The average Bonchev–Trinajstić information content (AvgIpc) is 2.65. The third kappa shape index (κ3) is 3.43. The molecule has 3 rings (SSSR count). The Morgan fingerprint density at radius 3 is 2.20 bits per heavy atom. The van der Waals surface area contributed by atoms with Gasteiger partial charge in [0, 0.05) is 17.7 Å². The van der Waals surface area contributed by atoms with Gasteiger partial charge in [-0.25, -0.2) is 10.2 Å². The van der Waals surface area contributed by atoms with Gasteiger partial charge in [-0.15, -0.1) is 0 Å². The Balaban J connectivity index is 1.92. The fraction of sp³-hybridized carbons (Fsp3) is 0.278. The van der Waals surface area contributed by atoms with Gasteiger partial charge in [-0.2, -0.15) is 5.06 Å². The Morgan fingerprint density at radius 1 is 1.12 bits per heavy atom. The number of rotatable bonds is 5. The van der Waals surface area contributed by atoms with E-state index in [1.54, 1.807) is 0 Å². The van der Waals surface area contributed by atoms with Gasteiger partial charge in [0.1, 0.15) is 17.5 Å². The van der Waals surface area contributed by atoms with Gasteiger partial charge in [0.05, 0.1) is 6.61 Å². The highest BCUT2D eigenvalue weighted by Gasteiger charge is 2.34. The minimum Gasteiger partial charge on any atom is -0.457 e. The van der Waals surface area contributed by atoms with E-state index in [4.69, 9.17) is 9.57 Å². The molecule has 0 aliphatic carbocycles. The molecule has 1 heterocycles. The molecule has 0 unspecified atom stereocenters. The predicted octanol–water partition coefficient (Wildman–Crippen LogP) is 3.47. The van der Waals surface area contributed by atoms with Crippen LogP contribution in [-0.4, -0.2) is 34.6 Å². The molecule has 2 aromatic carbocycles. The predicted molar refractivity (Wildman–Crippen MR) is 91.0 cm³/mol. The zero-order valence-electron chi connectivity index (χ0n) is 14.2. The highest BCUT2D eigenvalue weighted by Crippen LogP contribution is 2.44. The van der Waals surface area contributed by atoms with Crippen LogP contribution >= 0.6 is 0 Å². The zero-order chi connectivity index (χ0) is 17.8. The number of para-hydroxylation sites is 2. The summed E-state index contributed by atoms with van der Waals surface area (Å²) in [4.78, 5) is 17.8. The van der Waals surface area contributed by atoms with E-state index in [0.717, 1.165) is 0 Å². The number of carbonyl (C=O) groups is 1. The number of hydroxylamine groups is 3. The number of nitrogens with one attached hydrogen (secondary N) is 1. The standard InChI is InChI=1S/C18H21N3O4/c1-3-20(24-4-2)19-18(22)21(23)17-13-9-5-7-11-15(13)25-16-12-8-6-10-14(16)17/h5-12,17,23H,3-4H2,1-2H3,(H,19,22). The molecule has 0 atom stereocenters. The van der Waals surface area contributed by atoms with Crippen LogP contribution in [0.3, 0.4) is 0 Å². The van der Waals surface area contributed by atoms with Gasteiger partial charge in [0.15, 0.2) is 0 Å². The largest absolute Gasteiger partial charge is 0.457 e. The van der Waals surface area contributed by atoms with E-state index >= 15 is 0 Å². The summed E-state index contributed by atoms with van der Waals surface area (Å²) in [7, 11) is 0. The number of fused-ring (bicyclic) bond motifs is 2. The van der Waals surface area contributed by atoms with Crippen molar-refractivity contribution >= 4 is 6.03 Å². The Kier molecular flexibility index (Phi) is 5.18. The Labute approximate surface area is 146 Å². The van der Waals surface area contributed by atoms with Crippen molar-refractivity contribution in [2.24, 2.45) is 0 Å². The van der Waals surface area contributed by atoms with Crippen molar-refractivity contribution in [3.8, 4) is 11.5 Å². The first-order valence-corrected chi connectivity index (χ1v) is 8.20. The third-order valence-corrected chi connectivity index (χ3v) is 3.89. The second-order valence-electron chi connectivity index (χ2n) is 5.45. The van der Waals surface area contributed by atoms with Crippen molar-refractivity contribution in [1.82, 2.24) is 15.7 Å². The maximum absolute atomic E-state index is 12.5. The van der Waals surface area contributed by atoms with E-state index in [0.29, 0.717) is 40.8 Å². The first kappa shape index (κ1) is 17.2. The molecular formula is C18H21N3O4. The number of amides is 2. The topological polar surface area (TPSA) is 74.3 Å². The van der Waals surface area contributed by atoms with Crippen LogP contribution in [0.4, 0.5) is 4.79 Å². The second-order valence-corrected chi connectivity index (χ2v) is 5.45. The van der Waals surface area contributed by atoms with Gasteiger partial charge < -0.3 is 4.74 Å². The molecule has 7 heteroatoms. The molecule has 7 nitrogen and oxygen atoms in total. The minimum atomic E-state index is -0.688. The summed E-state index contributed by atoms with van der Waals surface area (Å²) < 4.78 is 5.87. The van der Waals surface area contributed by atoms with Crippen molar-refractivity contribution < 1.29 is 19.6 Å². The number of hydrogen-bond donors (Lipinski definition) is 2. The molecule has 0 spiro atoms. The van der Waals surface area contributed by atoms with Crippen molar-refractivity contribution in [2.45, 2.75) is 19.9 Å². The van der Waals surface area contributed by atoms with Gasteiger partial charge in [-0.3, -0.25) is 10.0 Å². The third-order valence-electron chi connectivity index (χ3n) is 3.89. The van der Waals surface area contributed by atoms with Gasteiger partial charge in [-0.05, 0) is 26.0 Å². The lowest BCUT2D eigenvalue weighted by Crippen LogP contribution is -2.49. The number of carbonyl (C=O) groups excluding carboxylic acids is 1. The molecule has 0 radical (unpaired) electrons. The van der Waals surface area contributed by atoms with E-state index in [2.05, 4.69) is 5.43 Å². The molecule has 0 fully saturated rings. The number of benzene rings is 2. The number of hydrazine groups is 1. The zero-order valence-corrected chi connectivity index (χ0v) is 14.2. The number of nitrogens with zero attached hydrogens (tertiary/aromatic N) is 2. The molecule has 2 N–H and O–H groups in total. The van der Waals surface area contributed by atoms with E-state index < -0.39 is 12.1 Å². The molecule has 0 saturated carbocycles. The molecule has 0 bridgehead atoms. The van der Waals surface area contributed by atoms with Crippen LogP contribution in [-0.2, 0) is 4.84 Å². The van der Waals surface area contributed by atoms with Gasteiger partial charge in [-0.1, -0.05) is 41.6 Å². The monoisotopic (exact) mass is 343 g/mol. The number of urea groups is 1. The van der Waals surface area contributed by atoms with E-state index in [1.807, 2.05) is 62.4 Å². The van der Waals surface area contributed by atoms with Crippen LogP contribution in [0.5, 0.6) is 11.5 Å². The van der Waals surface area contributed by atoms with Crippen molar-refractivity contribution in [2.75, 3.05) is 13.2 Å². The van der Waals surface area contributed by atoms with Crippen molar-refractivity contribution in [1.29, 1.82) is 0 Å². The highest BCUT2D eigenvalue weighted by atomic mass is 16.7. The summed E-state index contributed by atoms with van der Waals surface area (Å²) in [6.07, 6.45) is 0. The number of ether oxygens (including phenoxy) is 1. The average molecular weight is 343 g/mol. The molecule has 25 heavy (non-hydrogen) atoms. The van der Waals surface area contributed by atoms with Crippen molar-refractivity contribution in [3.63, 3.8) is 0 Å². The van der Waals surface area contributed by atoms with Gasteiger partial charge in [0.25, 0.3) is 0 Å². The van der Waals surface area contributed by atoms with E-state index in [9.17, 15) is 10.0 Å². The summed E-state index contributed by atoms with van der Waals surface area (Å²) in [6.45, 7) is 4.49. The fourth-order valence-electron chi connectivity index (χ4n) is 2.78. The Morgan fingerprint density at radius 2 is 1.68 bits per heavy atom. The molecular weight excluding hydrogens is 322 g/mol. The summed E-state index contributed by atoms with van der Waals surface area (Å²) >= 11 is 0. The van der Waals surface area contributed by atoms with E-state index in [1.165, 1.54) is 5.17 Å². The molecule has 132 valence electrons. The highest BCUT2D eigenvalue weighted by molar-refractivity contribution is 5.74. The lowest BCUT2D eigenvalue weighted by molar-refractivity contribution is -0.187. The van der Waals surface area contributed by atoms with Gasteiger partial charge in [0.2, 0.25) is 0 Å². The van der Waals surface area contributed by atoms with Crippen LogP contribution in [0.2, 0.25) is 0 Å². The Hall–Kier alpha value is -2.61. The second kappa shape index (κ2) is 7.52. The maximum Gasteiger partial charge on any atom is 0.358 e. The molecule has 0 saturated heterocycles. The lowest BCUT2D eigenvalue weighted by Gasteiger charge is -2.33. The molecule has 2 aromatic rings. The fourth-order valence-corrected chi connectivity index (χ4v) is 2.78. The summed E-state index contributed by atoms with van der Waals surface area (Å²) in [6, 6.07) is 13.3. The quantitative estimate of drug-likeness (QED) is 0.642. The summed E-state index contributed by atoms with van der Waals surface area (Å²) in [5.74, 6) is 1.21. The Bertz CT molecular complexity index is 707. The molecule has 1 aliphatic heterocycles. The maximum atomic E-state index is 12.5. The van der Waals surface area contributed by atoms with Crippen LogP contribution in [0.1, 0.15) is 31.0 Å². The first-order chi connectivity index (χ1) is 12.2. The SMILES string of the molecule is CCON(CC)NC(=O)N(O)C1c2ccccc2Oc2ccccc21. The van der Waals surface area contributed by atoms with Crippen LogP contribution in [0, 0.1) is 0 Å². The minimum absolute atomic E-state index is 0.405.